The summed E-state index contributed by atoms with van der Waals surface area (Å²) < 4.78 is 0. The van der Waals surface area contributed by atoms with Gasteiger partial charge in [0.15, 0.2) is 0 Å². The predicted octanol–water partition coefficient (Wildman–Crippen LogP) is 0.383. The monoisotopic (exact) mass is 854 g/mol. The lowest BCUT2D eigenvalue weighted by molar-refractivity contribution is -0.142. The fraction of sp³-hybridized carbons (Fsp3) is 0.821. The number of carboxylic acid groups (broad SMARTS) is 4. The van der Waals surface area contributed by atoms with Gasteiger partial charge in [0.05, 0.1) is 38.3 Å². The van der Waals surface area contributed by atoms with Gasteiger partial charge in [-0.2, -0.15) is 11.8 Å². The second kappa shape index (κ2) is 25.1. The number of hydrogen-bond acceptors (Lipinski definition) is 12. The van der Waals surface area contributed by atoms with E-state index in [1.165, 1.54) is 0 Å². The molecule has 4 rings (SSSR count). The van der Waals surface area contributed by atoms with Gasteiger partial charge >= 0.3 is 29.9 Å². The van der Waals surface area contributed by atoms with Crippen LogP contribution in [0.5, 0.6) is 0 Å². The summed E-state index contributed by atoms with van der Waals surface area (Å²) in [4.78, 5) is 90.7. The maximum Gasteiger partial charge on any atom is 0.317 e. The second-order valence-corrected chi connectivity index (χ2v) is 17.8. The van der Waals surface area contributed by atoms with Crippen LogP contribution in [0.3, 0.4) is 0 Å². The van der Waals surface area contributed by atoms with E-state index in [0.717, 1.165) is 70.0 Å². The SMILES string of the molecule is O=C(O)CN1CCN(CC(=O)O)CCN(CC(=O)O)C(CC2CCC(NC(=O)CCCCCNC(=O)CCCCC3SCC4NC(=O)NC43)CC2)CN(CC(=O)O)CC1. The molecular formula is C39H66N8O11S. The van der Waals surface area contributed by atoms with Crippen molar-refractivity contribution in [3.05, 3.63) is 0 Å². The molecule has 4 amide bonds. The van der Waals surface area contributed by atoms with Crippen molar-refractivity contribution in [2.24, 2.45) is 5.92 Å². The quantitative estimate of drug-likeness (QED) is 0.0541. The van der Waals surface area contributed by atoms with Gasteiger partial charge in [-0.25, -0.2) is 4.79 Å². The number of urea groups is 1. The number of thioether (sulfide) groups is 1. The number of unbranched alkanes of at least 4 members (excludes halogenated alkanes) is 3. The Hall–Kier alpha value is -3.72. The molecule has 4 unspecified atom stereocenters. The molecular weight excluding hydrogens is 789 g/mol. The van der Waals surface area contributed by atoms with Gasteiger partial charge in [-0.3, -0.25) is 48.4 Å². The first kappa shape index (κ1) is 48.0. The van der Waals surface area contributed by atoms with E-state index in [0.29, 0.717) is 31.1 Å². The fourth-order valence-corrected chi connectivity index (χ4v) is 10.3. The maximum absolute atomic E-state index is 12.8. The molecule has 3 saturated heterocycles. The average molecular weight is 855 g/mol. The summed E-state index contributed by atoms with van der Waals surface area (Å²) in [6.07, 6.45) is 9.66. The Kier molecular flexibility index (Phi) is 20.4. The normalized spacial score (nSPS) is 26.4. The molecule has 0 aromatic heterocycles. The summed E-state index contributed by atoms with van der Waals surface area (Å²) in [6.45, 7) is 1.17. The number of hydrogen-bond donors (Lipinski definition) is 8. The Labute approximate surface area is 350 Å². The average Bonchev–Trinajstić information content (AvgIpc) is 3.72. The number of aliphatic carboxylic acids is 4. The van der Waals surface area contributed by atoms with Crippen LogP contribution in [0.2, 0.25) is 0 Å². The lowest BCUT2D eigenvalue weighted by atomic mass is 9.81. The Bertz CT molecular complexity index is 1420. The molecule has 0 spiro atoms. The van der Waals surface area contributed by atoms with E-state index in [1.54, 1.807) is 14.7 Å². The van der Waals surface area contributed by atoms with Gasteiger partial charge in [0.25, 0.3) is 0 Å². The summed E-state index contributed by atoms with van der Waals surface area (Å²) in [5.74, 6) is -3.01. The van der Waals surface area contributed by atoms with Crippen LogP contribution in [0, 0.1) is 5.92 Å². The highest BCUT2D eigenvalue weighted by atomic mass is 32.2. The Balaban J connectivity index is 1.17. The molecule has 0 aromatic rings. The number of carbonyl (C=O) groups excluding carboxylic acids is 3. The first-order chi connectivity index (χ1) is 28.2. The standard InChI is InChI=1S/C39H66N8O11S/c48-32(7-4-3-6-31-38-30(26-59-31)42-39(58)43-38)40-13-5-1-2-8-33(49)41-28-11-9-27(10-12-28)20-29-21-46(24-36(54)55)17-16-44(22-34(50)51)14-15-45(23-35(52)53)18-19-47(29)25-37(56)57/h27-31,38H,1-26H2,(H,40,48)(H,41,49)(H,50,51)(H,52,53)(H,54,55)(H,56,57)(H2,42,43,58). The molecule has 1 saturated carbocycles. The van der Waals surface area contributed by atoms with Crippen LogP contribution in [-0.2, 0) is 28.8 Å². The molecule has 4 fully saturated rings. The van der Waals surface area contributed by atoms with Crippen LogP contribution in [0.15, 0.2) is 0 Å². The zero-order chi connectivity index (χ0) is 42.7. The molecule has 0 bridgehead atoms. The summed E-state index contributed by atoms with van der Waals surface area (Å²) in [6, 6.07) is -0.0158. The molecule has 20 heteroatoms. The highest BCUT2D eigenvalue weighted by molar-refractivity contribution is 8.00. The molecule has 3 heterocycles. The lowest BCUT2D eigenvalue weighted by Gasteiger charge is -2.40. The smallest absolute Gasteiger partial charge is 0.317 e. The molecule has 1 aliphatic carbocycles. The third-order valence-electron chi connectivity index (χ3n) is 11.9. The van der Waals surface area contributed by atoms with Gasteiger partial charge in [-0.05, 0) is 63.7 Å². The van der Waals surface area contributed by atoms with Crippen molar-refractivity contribution in [2.75, 3.05) is 84.3 Å². The highest BCUT2D eigenvalue weighted by Gasteiger charge is 2.42. The number of carbonyl (C=O) groups is 7. The van der Waals surface area contributed by atoms with Gasteiger partial charge < -0.3 is 41.7 Å². The minimum atomic E-state index is -1.05. The van der Waals surface area contributed by atoms with Crippen molar-refractivity contribution in [3.63, 3.8) is 0 Å². The lowest BCUT2D eigenvalue weighted by Crippen LogP contribution is -2.53. The van der Waals surface area contributed by atoms with Crippen molar-refractivity contribution in [3.8, 4) is 0 Å². The first-order valence-electron chi connectivity index (χ1n) is 21.3. The van der Waals surface area contributed by atoms with E-state index in [4.69, 9.17) is 0 Å². The van der Waals surface area contributed by atoms with Gasteiger partial charge in [-0.15, -0.1) is 0 Å². The molecule has 3 aliphatic heterocycles. The predicted molar refractivity (Wildman–Crippen MR) is 219 cm³/mol. The largest absolute Gasteiger partial charge is 0.480 e. The van der Waals surface area contributed by atoms with Crippen LogP contribution in [0.4, 0.5) is 4.79 Å². The molecule has 0 aromatic carbocycles. The van der Waals surface area contributed by atoms with E-state index in [2.05, 4.69) is 21.3 Å². The molecule has 19 nitrogen and oxygen atoms in total. The van der Waals surface area contributed by atoms with Crippen molar-refractivity contribution < 1.29 is 54.0 Å². The third kappa shape index (κ3) is 18.2. The number of fused-ring (bicyclic) bond motifs is 1. The minimum Gasteiger partial charge on any atom is -0.480 e. The van der Waals surface area contributed by atoms with Crippen LogP contribution in [-0.4, -0.2) is 195 Å². The van der Waals surface area contributed by atoms with E-state index in [1.807, 2.05) is 16.7 Å². The molecule has 0 radical (unpaired) electrons. The van der Waals surface area contributed by atoms with E-state index < -0.39 is 23.9 Å². The van der Waals surface area contributed by atoms with Crippen molar-refractivity contribution in [1.29, 1.82) is 0 Å². The zero-order valence-electron chi connectivity index (χ0n) is 34.2. The van der Waals surface area contributed by atoms with E-state index >= 15 is 0 Å². The van der Waals surface area contributed by atoms with Crippen molar-refractivity contribution in [1.82, 2.24) is 40.9 Å². The number of rotatable bonds is 22. The molecule has 334 valence electrons. The Morgan fingerprint density at radius 3 is 1.88 bits per heavy atom. The number of carboxylic acids is 4. The third-order valence-corrected chi connectivity index (χ3v) is 13.4. The topological polar surface area (TPSA) is 261 Å². The Morgan fingerprint density at radius 1 is 0.661 bits per heavy atom. The fourth-order valence-electron chi connectivity index (χ4n) is 8.79. The summed E-state index contributed by atoms with van der Waals surface area (Å²) in [5, 5.41) is 51.1. The first-order valence-corrected chi connectivity index (χ1v) is 22.3. The minimum absolute atomic E-state index is 0.00342. The van der Waals surface area contributed by atoms with E-state index in [9.17, 15) is 54.0 Å². The van der Waals surface area contributed by atoms with Crippen LogP contribution in [0.25, 0.3) is 0 Å². The molecule has 59 heavy (non-hydrogen) atoms. The highest BCUT2D eigenvalue weighted by Crippen LogP contribution is 2.33. The number of nitrogens with zero attached hydrogens (tertiary/aromatic N) is 4. The molecule has 8 N–H and O–H groups in total. The van der Waals surface area contributed by atoms with Gasteiger partial charge in [-0.1, -0.05) is 12.8 Å². The maximum atomic E-state index is 12.8. The molecule has 4 aliphatic rings. The van der Waals surface area contributed by atoms with Crippen molar-refractivity contribution in [2.45, 2.75) is 113 Å². The zero-order valence-corrected chi connectivity index (χ0v) is 35.0. The molecule has 4 atom stereocenters. The van der Waals surface area contributed by atoms with Crippen LogP contribution in [0.1, 0.15) is 83.5 Å². The Morgan fingerprint density at radius 2 is 1.24 bits per heavy atom. The van der Waals surface area contributed by atoms with Gasteiger partial charge in [0.1, 0.15) is 0 Å². The summed E-state index contributed by atoms with van der Waals surface area (Å²) in [7, 11) is 0. The number of nitrogens with one attached hydrogen (secondary N) is 4. The van der Waals surface area contributed by atoms with Gasteiger partial charge in [0, 0.05) is 88.3 Å². The summed E-state index contributed by atoms with van der Waals surface area (Å²) >= 11 is 1.88. The van der Waals surface area contributed by atoms with Gasteiger partial charge in [0.2, 0.25) is 11.8 Å². The number of amides is 4. The van der Waals surface area contributed by atoms with Crippen LogP contribution < -0.4 is 21.3 Å². The second-order valence-electron chi connectivity index (χ2n) is 16.5. The summed E-state index contributed by atoms with van der Waals surface area (Å²) in [5.41, 5.74) is 0. The van der Waals surface area contributed by atoms with Crippen molar-refractivity contribution >= 4 is 53.5 Å². The van der Waals surface area contributed by atoms with E-state index in [-0.39, 0.29) is 120 Å². The van der Waals surface area contributed by atoms with Crippen LogP contribution >= 0.6 is 11.8 Å².